The summed E-state index contributed by atoms with van der Waals surface area (Å²) in [5.41, 5.74) is -1.35. The molecule has 1 saturated carbocycles. The molecule has 1 fully saturated rings. The lowest BCUT2D eigenvalue weighted by atomic mass is 9.94. The summed E-state index contributed by atoms with van der Waals surface area (Å²) < 4.78 is 15.0. The van der Waals surface area contributed by atoms with Gasteiger partial charge >= 0.3 is 5.69 Å². The third kappa shape index (κ3) is 5.95. The molecule has 44 heavy (non-hydrogen) atoms. The predicted molar refractivity (Wildman–Crippen MR) is 168 cm³/mol. The van der Waals surface area contributed by atoms with Crippen LogP contribution in [0.3, 0.4) is 0 Å². The van der Waals surface area contributed by atoms with Crippen molar-refractivity contribution in [1.82, 2.24) is 29.4 Å². The fourth-order valence-corrected chi connectivity index (χ4v) is 6.99. The van der Waals surface area contributed by atoms with Crippen LogP contribution >= 0.6 is 11.3 Å². The second kappa shape index (κ2) is 12.7. The lowest BCUT2D eigenvalue weighted by molar-refractivity contribution is -0.129. The summed E-state index contributed by atoms with van der Waals surface area (Å²) in [6, 6.07) is 7.29. The van der Waals surface area contributed by atoms with E-state index in [2.05, 4.69) is 15.5 Å². The molecule has 1 aromatic carbocycles. The molecule has 1 aliphatic rings. The number of rotatable bonds is 10. The van der Waals surface area contributed by atoms with Gasteiger partial charge in [0.25, 0.3) is 5.56 Å². The Bertz CT molecular complexity index is 1750. The number of para-hydroxylation sites is 1. The number of carbonyl (C=O) groups excluding carboxylic acids is 1. The van der Waals surface area contributed by atoms with Gasteiger partial charge in [0.15, 0.2) is 0 Å². The van der Waals surface area contributed by atoms with Gasteiger partial charge in [0.1, 0.15) is 27.2 Å². The molecule has 236 valence electrons. The van der Waals surface area contributed by atoms with Crippen molar-refractivity contribution >= 4 is 27.5 Å². The van der Waals surface area contributed by atoms with Gasteiger partial charge in [-0.25, -0.2) is 9.36 Å². The number of carbonyl (C=O) groups is 1. The molecule has 1 atom stereocenters. The normalized spacial score (nSPS) is 18.1. The van der Waals surface area contributed by atoms with Crippen molar-refractivity contribution in [3.05, 3.63) is 68.6 Å². The van der Waals surface area contributed by atoms with Gasteiger partial charge in [-0.05, 0) is 66.4 Å². The molecule has 0 bridgehead atoms. The number of benzene rings is 1. The number of fused-ring (bicyclic) bond motifs is 1. The van der Waals surface area contributed by atoms with E-state index < -0.39 is 28.8 Å². The summed E-state index contributed by atoms with van der Waals surface area (Å²) in [4.78, 5) is 44.0. The van der Waals surface area contributed by atoms with Crippen LogP contribution in [0, 0.1) is 6.92 Å². The highest BCUT2D eigenvalue weighted by Gasteiger charge is 2.37. The minimum atomic E-state index is -1.51. The smallest absolute Gasteiger partial charge is 0.333 e. The first-order chi connectivity index (χ1) is 20.9. The quantitative estimate of drug-likeness (QED) is 0.273. The van der Waals surface area contributed by atoms with Crippen molar-refractivity contribution in [2.24, 2.45) is 0 Å². The van der Waals surface area contributed by atoms with E-state index in [1.807, 2.05) is 38.1 Å². The minimum absolute atomic E-state index is 0.0445. The number of amides is 1. The monoisotopic (exact) mass is 624 g/mol. The summed E-state index contributed by atoms with van der Waals surface area (Å²) in [7, 11) is 1.58. The number of nitrogens with one attached hydrogen (secondary N) is 1. The van der Waals surface area contributed by atoms with Gasteiger partial charge in [-0.2, -0.15) is 10.2 Å². The molecular formula is C31H40N6O6S. The van der Waals surface area contributed by atoms with Gasteiger partial charge < -0.3 is 19.9 Å². The van der Waals surface area contributed by atoms with Crippen LogP contribution in [0.5, 0.6) is 5.75 Å². The fraction of sp³-hybridized carbons (Fsp3) is 0.516. The fourth-order valence-electron chi connectivity index (χ4n) is 5.77. The Labute approximate surface area is 259 Å². The maximum atomic E-state index is 14.5. The summed E-state index contributed by atoms with van der Waals surface area (Å²) in [5, 5.41) is 22.4. The first kappa shape index (κ1) is 31.6. The van der Waals surface area contributed by atoms with Crippen molar-refractivity contribution < 1.29 is 19.4 Å². The van der Waals surface area contributed by atoms with Gasteiger partial charge in [0.05, 0.1) is 43.6 Å². The van der Waals surface area contributed by atoms with E-state index in [4.69, 9.17) is 9.47 Å². The van der Waals surface area contributed by atoms with E-state index in [1.54, 1.807) is 40.3 Å². The average molecular weight is 625 g/mol. The van der Waals surface area contributed by atoms with E-state index in [0.717, 1.165) is 10.1 Å². The molecule has 1 amide bonds. The van der Waals surface area contributed by atoms with E-state index in [-0.39, 0.29) is 24.8 Å². The van der Waals surface area contributed by atoms with E-state index in [1.165, 1.54) is 20.7 Å². The number of aliphatic hydroxyl groups is 1. The minimum Gasteiger partial charge on any atom is -0.496 e. The maximum absolute atomic E-state index is 14.5. The number of nitrogens with zero attached hydrogens (tertiary/aromatic N) is 5. The number of methoxy groups -OCH3 is 1. The van der Waals surface area contributed by atoms with Gasteiger partial charge in [0.2, 0.25) is 5.91 Å². The number of ether oxygens (including phenoxy) is 2. The van der Waals surface area contributed by atoms with Crippen LogP contribution in [0.1, 0.15) is 70.6 Å². The van der Waals surface area contributed by atoms with Crippen LogP contribution in [-0.4, -0.2) is 60.5 Å². The first-order valence-corrected chi connectivity index (χ1v) is 15.7. The van der Waals surface area contributed by atoms with Crippen LogP contribution in [0.15, 0.2) is 46.2 Å². The molecular weight excluding hydrogens is 584 g/mol. The van der Waals surface area contributed by atoms with Crippen LogP contribution in [-0.2, 0) is 21.6 Å². The Kier molecular flexibility index (Phi) is 9.10. The molecule has 4 aromatic rings. The van der Waals surface area contributed by atoms with Crippen molar-refractivity contribution in [1.29, 1.82) is 0 Å². The van der Waals surface area contributed by atoms with E-state index >= 15 is 0 Å². The lowest BCUT2D eigenvalue weighted by Gasteiger charge is -2.31. The molecule has 0 aliphatic heterocycles. The molecule has 2 N–H and O–H groups in total. The first-order valence-electron chi connectivity index (χ1n) is 14.9. The number of hydrogen-bond donors (Lipinski definition) is 2. The molecule has 5 rings (SSSR count). The number of thiophene rings is 1. The van der Waals surface area contributed by atoms with Gasteiger partial charge in [-0.1, -0.05) is 29.5 Å². The third-order valence-electron chi connectivity index (χ3n) is 8.16. The van der Waals surface area contributed by atoms with Crippen molar-refractivity contribution in [3.63, 3.8) is 0 Å². The zero-order chi connectivity index (χ0) is 31.8. The zero-order valence-corrected chi connectivity index (χ0v) is 26.8. The standard InChI is InChI=1S/C31H40N6O6S/c1-18(2)34-29(40)31(4,5)36-26(39)25-19(3)27(37-32-15-16-33-37)44-28(25)35(30(36)41)17-24(22-9-7-8-10-23(22)42-6)43-21-13-11-20(38)12-14-21/h7-10,15-16,18,20-21,24,38H,11-14,17H2,1-6H3,(H,34,40)/t20?,21?,24-/m0/s1. The van der Waals surface area contributed by atoms with Crippen molar-refractivity contribution in [2.75, 3.05) is 7.11 Å². The lowest BCUT2D eigenvalue weighted by Crippen LogP contribution is -2.56. The molecule has 1 aliphatic carbocycles. The molecule has 13 heteroatoms. The summed E-state index contributed by atoms with van der Waals surface area (Å²) in [6.07, 6.45) is 4.55. The molecule has 3 heterocycles. The van der Waals surface area contributed by atoms with E-state index in [9.17, 15) is 19.5 Å². The van der Waals surface area contributed by atoms with Crippen LogP contribution in [0.25, 0.3) is 15.2 Å². The Balaban J connectivity index is 1.74. The molecule has 0 radical (unpaired) electrons. The highest BCUT2D eigenvalue weighted by molar-refractivity contribution is 7.21. The molecule has 12 nitrogen and oxygen atoms in total. The largest absolute Gasteiger partial charge is 0.496 e. The summed E-state index contributed by atoms with van der Waals surface area (Å²) in [5.74, 6) is 0.157. The number of aryl methyl sites for hydroxylation is 1. The number of hydrogen-bond acceptors (Lipinski definition) is 9. The summed E-state index contributed by atoms with van der Waals surface area (Å²) >= 11 is 1.24. The third-order valence-corrected chi connectivity index (χ3v) is 9.44. The van der Waals surface area contributed by atoms with Crippen LogP contribution in [0.4, 0.5) is 0 Å². The zero-order valence-electron chi connectivity index (χ0n) is 25.9. The second-order valence-electron chi connectivity index (χ2n) is 12.0. The molecule has 3 aromatic heterocycles. The SMILES string of the molecule is COc1ccccc1[C@H](Cn1c(=O)n(C(C)(C)C(=O)NC(C)C)c(=O)c2c(C)c(-n3nccn3)sc21)OC1CCC(O)CC1. The van der Waals surface area contributed by atoms with Gasteiger partial charge in [-0.3, -0.25) is 14.2 Å². The summed E-state index contributed by atoms with van der Waals surface area (Å²) in [6.45, 7) is 8.63. The predicted octanol–water partition coefficient (Wildman–Crippen LogP) is 3.44. The second-order valence-corrected chi connectivity index (χ2v) is 13.0. The number of aromatic nitrogens is 5. The Morgan fingerprint density at radius 2 is 1.80 bits per heavy atom. The van der Waals surface area contributed by atoms with Gasteiger partial charge in [0, 0.05) is 17.2 Å². The molecule has 0 spiro atoms. The van der Waals surface area contributed by atoms with Crippen molar-refractivity contribution in [3.8, 4) is 10.8 Å². The Morgan fingerprint density at radius 1 is 1.14 bits per heavy atom. The average Bonchev–Trinajstić information content (AvgIpc) is 3.63. The van der Waals surface area contributed by atoms with Gasteiger partial charge in [-0.15, -0.1) is 4.80 Å². The molecule has 0 unspecified atom stereocenters. The highest BCUT2D eigenvalue weighted by atomic mass is 32.1. The van der Waals surface area contributed by atoms with Crippen molar-refractivity contribution in [2.45, 2.75) is 96.7 Å². The molecule has 0 saturated heterocycles. The highest BCUT2D eigenvalue weighted by Crippen LogP contribution is 2.36. The maximum Gasteiger partial charge on any atom is 0.333 e. The topological polar surface area (TPSA) is 142 Å². The van der Waals surface area contributed by atoms with E-state index in [0.29, 0.717) is 52.2 Å². The number of aliphatic hydroxyl groups excluding tert-OH is 1. The van der Waals surface area contributed by atoms with Crippen LogP contribution < -0.4 is 21.3 Å². The Morgan fingerprint density at radius 3 is 2.43 bits per heavy atom. The Hall–Kier alpha value is -3.81. The van der Waals surface area contributed by atoms with Crippen LogP contribution in [0.2, 0.25) is 0 Å².